The molecule has 0 radical (unpaired) electrons. The van der Waals surface area contributed by atoms with E-state index >= 15 is 0 Å². The van der Waals surface area contributed by atoms with Crippen molar-refractivity contribution in [3.05, 3.63) is 95.1 Å². The summed E-state index contributed by atoms with van der Waals surface area (Å²) in [6.45, 7) is 5.66. The standard InChI is InChI=1S/C28H31N3O2/c1-3-20(2)29-28(33)25-18-24(30-27(32)17-21-9-5-4-6-10-21)13-14-26(25)31-16-15-22-11-7-8-12-23(22)19-31/h4-14,18,20H,3,15-17,19H2,1-2H3,(H,29,33)(H,30,32). The average molecular weight is 442 g/mol. The molecule has 170 valence electrons. The number of rotatable bonds is 7. The number of carbonyl (C=O) groups excluding carboxylic acids is 2. The van der Waals surface area contributed by atoms with E-state index in [1.807, 2.05) is 56.3 Å². The van der Waals surface area contributed by atoms with Gasteiger partial charge in [-0.1, -0.05) is 61.5 Å². The first-order valence-corrected chi connectivity index (χ1v) is 11.6. The maximum Gasteiger partial charge on any atom is 0.253 e. The van der Waals surface area contributed by atoms with Gasteiger partial charge in [-0.2, -0.15) is 0 Å². The van der Waals surface area contributed by atoms with Gasteiger partial charge in [0.15, 0.2) is 0 Å². The highest BCUT2D eigenvalue weighted by molar-refractivity contribution is 6.02. The molecule has 0 aromatic heterocycles. The van der Waals surface area contributed by atoms with Crippen LogP contribution in [0.4, 0.5) is 11.4 Å². The van der Waals surface area contributed by atoms with E-state index in [9.17, 15) is 9.59 Å². The molecule has 2 amide bonds. The van der Waals surface area contributed by atoms with Gasteiger partial charge in [-0.15, -0.1) is 0 Å². The normalized spacial score (nSPS) is 13.7. The summed E-state index contributed by atoms with van der Waals surface area (Å²) in [4.78, 5) is 28.0. The molecule has 33 heavy (non-hydrogen) atoms. The highest BCUT2D eigenvalue weighted by Crippen LogP contribution is 2.30. The van der Waals surface area contributed by atoms with Crippen LogP contribution in [0.2, 0.25) is 0 Å². The first-order chi connectivity index (χ1) is 16.0. The third-order valence-corrected chi connectivity index (χ3v) is 6.19. The van der Waals surface area contributed by atoms with Crippen LogP contribution >= 0.6 is 0 Å². The zero-order valence-corrected chi connectivity index (χ0v) is 19.3. The zero-order chi connectivity index (χ0) is 23.2. The van der Waals surface area contributed by atoms with E-state index < -0.39 is 0 Å². The maximum atomic E-state index is 13.2. The van der Waals surface area contributed by atoms with Crippen molar-refractivity contribution in [2.24, 2.45) is 0 Å². The molecule has 5 heteroatoms. The molecule has 2 N–H and O–H groups in total. The van der Waals surface area contributed by atoms with Crippen LogP contribution in [0.3, 0.4) is 0 Å². The number of nitrogens with zero attached hydrogens (tertiary/aromatic N) is 1. The second-order valence-electron chi connectivity index (χ2n) is 8.67. The molecule has 5 nitrogen and oxygen atoms in total. The Kier molecular flexibility index (Phi) is 7.08. The summed E-state index contributed by atoms with van der Waals surface area (Å²) in [5, 5.41) is 6.05. The summed E-state index contributed by atoms with van der Waals surface area (Å²) in [5.74, 6) is -0.216. The van der Waals surface area contributed by atoms with Crippen molar-refractivity contribution in [1.82, 2.24) is 5.32 Å². The number of hydrogen-bond donors (Lipinski definition) is 2. The Balaban J connectivity index is 1.58. The van der Waals surface area contributed by atoms with Crippen molar-refractivity contribution in [2.45, 2.75) is 45.7 Å². The third-order valence-electron chi connectivity index (χ3n) is 6.19. The number of fused-ring (bicyclic) bond motifs is 1. The van der Waals surface area contributed by atoms with Gasteiger partial charge in [0.25, 0.3) is 5.91 Å². The van der Waals surface area contributed by atoms with Crippen LogP contribution in [0, 0.1) is 0 Å². The molecule has 0 spiro atoms. The Morgan fingerprint density at radius 2 is 1.70 bits per heavy atom. The molecule has 4 rings (SSSR count). The van der Waals surface area contributed by atoms with Crippen molar-refractivity contribution < 1.29 is 9.59 Å². The van der Waals surface area contributed by atoms with Crippen molar-refractivity contribution in [2.75, 3.05) is 16.8 Å². The first-order valence-electron chi connectivity index (χ1n) is 11.6. The van der Waals surface area contributed by atoms with E-state index in [4.69, 9.17) is 0 Å². The number of carbonyl (C=O) groups is 2. The predicted molar refractivity (Wildman–Crippen MR) is 134 cm³/mol. The molecule has 0 bridgehead atoms. The van der Waals surface area contributed by atoms with Crippen LogP contribution in [-0.4, -0.2) is 24.4 Å². The minimum atomic E-state index is -0.114. The average Bonchev–Trinajstić information content (AvgIpc) is 2.84. The number of anilines is 2. The lowest BCUT2D eigenvalue weighted by atomic mass is 9.98. The minimum Gasteiger partial charge on any atom is -0.366 e. The Labute approximate surface area is 195 Å². The smallest absolute Gasteiger partial charge is 0.253 e. The van der Waals surface area contributed by atoms with Crippen molar-refractivity contribution >= 4 is 23.2 Å². The maximum absolute atomic E-state index is 13.2. The summed E-state index contributed by atoms with van der Waals surface area (Å²) in [6, 6.07) is 23.8. The molecule has 1 heterocycles. The molecule has 3 aromatic rings. The largest absolute Gasteiger partial charge is 0.366 e. The molecular formula is C28H31N3O2. The molecule has 1 aliphatic heterocycles. The van der Waals surface area contributed by atoms with Crippen molar-refractivity contribution in [3.8, 4) is 0 Å². The van der Waals surface area contributed by atoms with Gasteiger partial charge in [0.1, 0.15) is 0 Å². The van der Waals surface area contributed by atoms with Crippen molar-refractivity contribution in [1.29, 1.82) is 0 Å². The van der Waals surface area contributed by atoms with E-state index in [1.54, 1.807) is 6.07 Å². The van der Waals surface area contributed by atoms with E-state index in [2.05, 4.69) is 39.8 Å². The number of hydrogen-bond acceptors (Lipinski definition) is 3. The van der Waals surface area contributed by atoms with Gasteiger partial charge in [-0.05, 0) is 54.7 Å². The molecule has 0 saturated carbocycles. The topological polar surface area (TPSA) is 61.4 Å². The first kappa shape index (κ1) is 22.6. The molecular weight excluding hydrogens is 410 g/mol. The summed E-state index contributed by atoms with van der Waals surface area (Å²) in [7, 11) is 0. The number of nitrogens with one attached hydrogen (secondary N) is 2. The monoisotopic (exact) mass is 441 g/mol. The van der Waals surface area contributed by atoms with E-state index in [0.29, 0.717) is 17.7 Å². The quantitative estimate of drug-likeness (QED) is 0.545. The number of amides is 2. The highest BCUT2D eigenvalue weighted by atomic mass is 16.2. The summed E-state index contributed by atoms with van der Waals surface area (Å²) >= 11 is 0. The van der Waals surface area contributed by atoms with Gasteiger partial charge in [-0.3, -0.25) is 9.59 Å². The SMILES string of the molecule is CCC(C)NC(=O)c1cc(NC(=O)Cc2ccccc2)ccc1N1CCc2ccccc2C1. The highest BCUT2D eigenvalue weighted by Gasteiger charge is 2.22. The lowest BCUT2D eigenvalue weighted by molar-refractivity contribution is -0.115. The number of benzene rings is 3. The van der Waals surface area contributed by atoms with Crippen LogP contribution in [0.15, 0.2) is 72.8 Å². The molecule has 1 unspecified atom stereocenters. The van der Waals surface area contributed by atoms with Crippen LogP contribution < -0.4 is 15.5 Å². The van der Waals surface area contributed by atoms with Gasteiger partial charge in [-0.25, -0.2) is 0 Å². The Hall–Kier alpha value is -3.60. The van der Waals surface area contributed by atoms with Gasteiger partial charge < -0.3 is 15.5 Å². The van der Waals surface area contributed by atoms with Crippen LogP contribution in [0.25, 0.3) is 0 Å². The third kappa shape index (κ3) is 5.61. The van der Waals surface area contributed by atoms with Crippen molar-refractivity contribution in [3.63, 3.8) is 0 Å². The lowest BCUT2D eigenvalue weighted by Crippen LogP contribution is -2.35. The summed E-state index contributed by atoms with van der Waals surface area (Å²) in [6.07, 6.45) is 2.09. The zero-order valence-electron chi connectivity index (χ0n) is 19.3. The van der Waals surface area contributed by atoms with E-state index in [-0.39, 0.29) is 17.9 Å². The van der Waals surface area contributed by atoms with Crippen LogP contribution in [0.5, 0.6) is 0 Å². The molecule has 0 aliphatic carbocycles. The Bertz CT molecular complexity index is 1130. The van der Waals surface area contributed by atoms with E-state index in [1.165, 1.54) is 11.1 Å². The van der Waals surface area contributed by atoms with Gasteiger partial charge in [0, 0.05) is 30.5 Å². The Morgan fingerprint density at radius 3 is 2.45 bits per heavy atom. The predicted octanol–water partition coefficient (Wildman–Crippen LogP) is 4.96. The molecule has 1 aliphatic rings. The second-order valence-corrected chi connectivity index (χ2v) is 8.67. The van der Waals surface area contributed by atoms with Crippen LogP contribution in [0.1, 0.15) is 47.3 Å². The van der Waals surface area contributed by atoms with Gasteiger partial charge in [0.05, 0.1) is 12.0 Å². The van der Waals surface area contributed by atoms with Gasteiger partial charge >= 0.3 is 0 Å². The lowest BCUT2D eigenvalue weighted by Gasteiger charge is -2.32. The molecule has 0 saturated heterocycles. The summed E-state index contributed by atoms with van der Waals surface area (Å²) in [5.41, 5.74) is 5.72. The fourth-order valence-electron chi connectivity index (χ4n) is 4.16. The molecule has 0 fully saturated rings. The fourth-order valence-corrected chi connectivity index (χ4v) is 4.16. The second kappa shape index (κ2) is 10.3. The Morgan fingerprint density at radius 1 is 0.970 bits per heavy atom. The van der Waals surface area contributed by atoms with Crippen LogP contribution in [-0.2, 0) is 24.2 Å². The molecule has 3 aromatic carbocycles. The minimum absolute atomic E-state index is 0.0729. The van der Waals surface area contributed by atoms with Gasteiger partial charge in [0.2, 0.25) is 5.91 Å². The van der Waals surface area contributed by atoms with E-state index in [0.717, 1.165) is 37.2 Å². The fraction of sp³-hybridized carbons (Fsp3) is 0.286. The molecule has 1 atom stereocenters. The summed E-state index contributed by atoms with van der Waals surface area (Å²) < 4.78 is 0.